The Bertz CT molecular complexity index is 369. The van der Waals surface area contributed by atoms with Crippen molar-refractivity contribution in [1.29, 1.82) is 0 Å². The van der Waals surface area contributed by atoms with Crippen molar-refractivity contribution in [2.75, 3.05) is 7.11 Å². The number of carboxylic acids is 1. The fourth-order valence-electron chi connectivity index (χ4n) is 1.37. The summed E-state index contributed by atoms with van der Waals surface area (Å²) in [6, 6.07) is 4.98. The molecule has 1 N–H and O–H groups in total. The molecule has 0 spiro atoms. The molecule has 0 saturated heterocycles. The molecule has 0 fully saturated rings. The minimum Gasteiger partial charge on any atom is -0.497 e. The van der Waals surface area contributed by atoms with Crippen LogP contribution in [0.2, 0.25) is 0 Å². The van der Waals surface area contributed by atoms with Crippen LogP contribution in [0, 0.1) is 0 Å². The van der Waals surface area contributed by atoms with Crippen LogP contribution < -0.4 is 4.74 Å². The van der Waals surface area contributed by atoms with Crippen LogP contribution in [0.15, 0.2) is 30.9 Å². The number of allylic oxidation sites excluding steroid dienone is 1. The van der Waals surface area contributed by atoms with Crippen LogP contribution >= 0.6 is 0 Å². The average molecular weight is 206 g/mol. The van der Waals surface area contributed by atoms with E-state index in [9.17, 15) is 4.79 Å². The van der Waals surface area contributed by atoms with Crippen LogP contribution in [0.1, 0.15) is 22.3 Å². The number of benzene rings is 1. The van der Waals surface area contributed by atoms with Gasteiger partial charge in [-0.3, -0.25) is 0 Å². The van der Waals surface area contributed by atoms with Gasteiger partial charge in [0.1, 0.15) is 5.75 Å². The molecule has 0 aliphatic heterocycles. The normalized spacial score (nSPS) is 9.67. The first-order valence-corrected chi connectivity index (χ1v) is 4.70. The highest BCUT2D eigenvalue weighted by Crippen LogP contribution is 2.19. The van der Waals surface area contributed by atoms with Crippen LogP contribution in [0.25, 0.3) is 0 Å². The van der Waals surface area contributed by atoms with Crippen LogP contribution in [-0.2, 0) is 6.42 Å². The average Bonchev–Trinajstić information content (AvgIpc) is 2.25. The molecule has 1 aromatic rings. The Labute approximate surface area is 89.0 Å². The van der Waals surface area contributed by atoms with E-state index in [1.54, 1.807) is 31.4 Å². The van der Waals surface area contributed by atoms with E-state index in [4.69, 9.17) is 9.84 Å². The first kappa shape index (κ1) is 11.3. The zero-order valence-corrected chi connectivity index (χ0v) is 8.69. The van der Waals surface area contributed by atoms with E-state index in [2.05, 4.69) is 6.58 Å². The van der Waals surface area contributed by atoms with Crippen molar-refractivity contribution in [1.82, 2.24) is 0 Å². The lowest BCUT2D eigenvalue weighted by atomic mass is 10.0. The molecule has 3 nitrogen and oxygen atoms in total. The highest BCUT2D eigenvalue weighted by molar-refractivity contribution is 5.89. The first-order chi connectivity index (χ1) is 7.19. The van der Waals surface area contributed by atoms with Crippen molar-refractivity contribution in [2.24, 2.45) is 0 Å². The van der Waals surface area contributed by atoms with Crippen molar-refractivity contribution in [2.45, 2.75) is 12.8 Å². The SMILES string of the molecule is C=CCCc1cc(OC)ccc1C(=O)O. The molecule has 0 aliphatic carbocycles. The standard InChI is InChI=1S/C12H14O3/c1-3-4-5-9-8-10(15-2)6-7-11(9)12(13)14/h3,6-8H,1,4-5H2,2H3,(H,13,14). The lowest BCUT2D eigenvalue weighted by Gasteiger charge is -2.07. The van der Waals surface area contributed by atoms with Crippen LogP contribution in [0.5, 0.6) is 5.75 Å². The van der Waals surface area contributed by atoms with E-state index in [-0.39, 0.29) is 0 Å². The maximum Gasteiger partial charge on any atom is 0.335 e. The second-order valence-electron chi connectivity index (χ2n) is 3.16. The molecule has 80 valence electrons. The van der Waals surface area contributed by atoms with Gasteiger partial charge >= 0.3 is 5.97 Å². The number of aryl methyl sites for hydroxylation is 1. The van der Waals surface area contributed by atoms with Crippen molar-refractivity contribution in [3.05, 3.63) is 42.0 Å². The lowest BCUT2D eigenvalue weighted by molar-refractivity contribution is 0.0695. The van der Waals surface area contributed by atoms with Gasteiger partial charge in [-0.1, -0.05) is 6.08 Å². The van der Waals surface area contributed by atoms with E-state index in [0.717, 1.165) is 12.0 Å². The predicted molar refractivity (Wildman–Crippen MR) is 58.5 cm³/mol. The Kier molecular flexibility index (Phi) is 3.92. The predicted octanol–water partition coefficient (Wildman–Crippen LogP) is 2.51. The number of hydrogen-bond donors (Lipinski definition) is 1. The summed E-state index contributed by atoms with van der Waals surface area (Å²) in [6.45, 7) is 3.61. The summed E-state index contributed by atoms with van der Waals surface area (Å²) in [5.74, 6) is -0.226. The topological polar surface area (TPSA) is 46.5 Å². The Morgan fingerprint density at radius 3 is 2.87 bits per heavy atom. The molecular formula is C12H14O3. The fourth-order valence-corrected chi connectivity index (χ4v) is 1.37. The first-order valence-electron chi connectivity index (χ1n) is 4.70. The van der Waals surface area contributed by atoms with Gasteiger partial charge in [0.25, 0.3) is 0 Å². The quantitative estimate of drug-likeness (QED) is 0.753. The number of aromatic carboxylic acids is 1. The number of carboxylic acid groups (broad SMARTS) is 1. The summed E-state index contributed by atoms with van der Waals surface area (Å²) >= 11 is 0. The van der Waals surface area contributed by atoms with Gasteiger partial charge in [0.2, 0.25) is 0 Å². The second kappa shape index (κ2) is 5.20. The highest BCUT2D eigenvalue weighted by Gasteiger charge is 2.10. The Morgan fingerprint density at radius 1 is 1.60 bits per heavy atom. The van der Waals surface area contributed by atoms with Crippen LogP contribution in [0.4, 0.5) is 0 Å². The summed E-state index contributed by atoms with van der Waals surface area (Å²) in [4.78, 5) is 10.9. The van der Waals surface area contributed by atoms with Crippen LogP contribution in [-0.4, -0.2) is 18.2 Å². The smallest absolute Gasteiger partial charge is 0.335 e. The molecule has 0 heterocycles. The van der Waals surface area contributed by atoms with Gasteiger partial charge in [-0.15, -0.1) is 6.58 Å². The van der Waals surface area contributed by atoms with Crippen molar-refractivity contribution < 1.29 is 14.6 Å². The minimum absolute atomic E-state index is 0.331. The van der Waals surface area contributed by atoms with Crippen molar-refractivity contribution in [3.63, 3.8) is 0 Å². The number of carbonyl (C=O) groups is 1. The third-order valence-electron chi connectivity index (χ3n) is 2.16. The minimum atomic E-state index is -0.906. The summed E-state index contributed by atoms with van der Waals surface area (Å²) in [5.41, 5.74) is 1.11. The molecule has 0 amide bonds. The van der Waals surface area contributed by atoms with Gasteiger partial charge in [-0.05, 0) is 36.6 Å². The maximum absolute atomic E-state index is 10.9. The van der Waals surface area contributed by atoms with Crippen molar-refractivity contribution in [3.8, 4) is 5.75 Å². The van der Waals surface area contributed by atoms with Gasteiger partial charge in [-0.2, -0.15) is 0 Å². The third-order valence-corrected chi connectivity index (χ3v) is 2.16. The van der Waals surface area contributed by atoms with Crippen molar-refractivity contribution >= 4 is 5.97 Å². The largest absolute Gasteiger partial charge is 0.497 e. The Morgan fingerprint density at radius 2 is 2.33 bits per heavy atom. The number of hydrogen-bond acceptors (Lipinski definition) is 2. The summed E-state index contributed by atoms with van der Waals surface area (Å²) in [5, 5.41) is 8.96. The summed E-state index contributed by atoms with van der Waals surface area (Å²) in [6.07, 6.45) is 3.20. The molecule has 0 aliphatic rings. The van der Waals surface area contributed by atoms with Gasteiger partial charge in [0, 0.05) is 0 Å². The number of methoxy groups -OCH3 is 1. The second-order valence-corrected chi connectivity index (χ2v) is 3.16. The van der Waals surface area contributed by atoms with E-state index < -0.39 is 5.97 Å². The summed E-state index contributed by atoms with van der Waals surface area (Å²) in [7, 11) is 1.56. The molecule has 3 heteroatoms. The molecule has 0 aromatic heterocycles. The molecule has 0 unspecified atom stereocenters. The Hall–Kier alpha value is -1.77. The van der Waals surface area contributed by atoms with Gasteiger partial charge in [0.05, 0.1) is 12.7 Å². The molecule has 0 atom stereocenters. The van der Waals surface area contributed by atoms with Gasteiger partial charge in [-0.25, -0.2) is 4.79 Å². The molecule has 1 rings (SSSR count). The number of rotatable bonds is 5. The number of ether oxygens (including phenoxy) is 1. The zero-order chi connectivity index (χ0) is 11.3. The molecule has 0 bridgehead atoms. The molecular weight excluding hydrogens is 192 g/mol. The monoisotopic (exact) mass is 206 g/mol. The van der Waals surface area contributed by atoms with E-state index in [1.165, 1.54) is 0 Å². The Balaban J connectivity index is 3.04. The van der Waals surface area contributed by atoms with Crippen LogP contribution in [0.3, 0.4) is 0 Å². The molecule has 15 heavy (non-hydrogen) atoms. The molecule has 1 aromatic carbocycles. The van der Waals surface area contributed by atoms with E-state index >= 15 is 0 Å². The third kappa shape index (κ3) is 2.84. The van der Waals surface area contributed by atoms with Gasteiger partial charge in [0.15, 0.2) is 0 Å². The van der Waals surface area contributed by atoms with Gasteiger partial charge < -0.3 is 9.84 Å². The molecule has 0 radical (unpaired) electrons. The summed E-state index contributed by atoms with van der Waals surface area (Å²) < 4.78 is 5.05. The molecule has 0 saturated carbocycles. The fraction of sp³-hybridized carbons (Fsp3) is 0.250. The maximum atomic E-state index is 10.9. The lowest BCUT2D eigenvalue weighted by Crippen LogP contribution is -2.02. The van der Waals surface area contributed by atoms with E-state index in [0.29, 0.717) is 17.7 Å². The zero-order valence-electron chi connectivity index (χ0n) is 8.69. The van der Waals surface area contributed by atoms with E-state index in [1.807, 2.05) is 0 Å². The highest BCUT2D eigenvalue weighted by atomic mass is 16.5.